The summed E-state index contributed by atoms with van der Waals surface area (Å²) in [5, 5.41) is 15.9. The van der Waals surface area contributed by atoms with Crippen LogP contribution in [0.4, 0.5) is 11.4 Å². The Hall–Kier alpha value is -1.87. The zero-order chi connectivity index (χ0) is 25.8. The standard InChI is InChI=1S/C23H24N6S7/c1-15(26-28-21(30)24-17-9-5-3-6-10-17)13-33-19-20(36-23(32)35-19)34-14-16(2)27-29-22(31)25-18-11-7-4-8-12-18/h3-12H,13-14H2,1-2H3,(H2,24,28,30)(H2,25,29,31)/b26-15+,27-16+. The number of anilines is 2. The van der Waals surface area contributed by atoms with E-state index in [9.17, 15) is 0 Å². The molecule has 0 aliphatic rings. The largest absolute Gasteiger partial charge is 0.331 e. The fraction of sp³-hybridized carbons (Fsp3) is 0.174. The molecule has 36 heavy (non-hydrogen) atoms. The van der Waals surface area contributed by atoms with Gasteiger partial charge in [-0.3, -0.25) is 10.9 Å². The number of benzene rings is 2. The third-order valence-electron chi connectivity index (χ3n) is 4.10. The van der Waals surface area contributed by atoms with E-state index in [1.807, 2.05) is 74.5 Å². The molecule has 1 heterocycles. The van der Waals surface area contributed by atoms with Gasteiger partial charge in [0.1, 0.15) is 3.14 Å². The van der Waals surface area contributed by atoms with E-state index in [1.54, 1.807) is 46.2 Å². The van der Waals surface area contributed by atoms with E-state index in [0.717, 1.165) is 37.4 Å². The lowest BCUT2D eigenvalue weighted by Gasteiger charge is -2.08. The molecule has 0 radical (unpaired) electrons. The monoisotopic (exact) mass is 608 g/mol. The maximum atomic E-state index is 5.45. The summed E-state index contributed by atoms with van der Waals surface area (Å²) in [5.41, 5.74) is 9.50. The van der Waals surface area contributed by atoms with Crippen molar-refractivity contribution >= 4 is 116 Å². The molecule has 0 amide bonds. The Kier molecular flexibility index (Phi) is 12.3. The quantitative estimate of drug-likeness (QED) is 0.0813. The number of thiocarbonyl (C=S) groups is 2. The van der Waals surface area contributed by atoms with Crippen molar-refractivity contribution in [1.29, 1.82) is 0 Å². The summed E-state index contributed by atoms with van der Waals surface area (Å²) >= 11 is 22.8. The predicted octanol–water partition coefficient (Wildman–Crippen LogP) is 7.45. The van der Waals surface area contributed by atoms with E-state index >= 15 is 0 Å². The summed E-state index contributed by atoms with van der Waals surface area (Å²) in [6, 6.07) is 19.5. The first-order valence-electron chi connectivity index (χ1n) is 10.6. The smallest absolute Gasteiger partial charge is 0.191 e. The van der Waals surface area contributed by atoms with Crippen molar-refractivity contribution < 1.29 is 0 Å². The highest BCUT2D eigenvalue weighted by molar-refractivity contribution is 8.05. The Morgan fingerprint density at radius 3 is 1.50 bits per heavy atom. The summed E-state index contributed by atoms with van der Waals surface area (Å²) in [4.78, 5) is 0. The fourth-order valence-corrected chi connectivity index (χ4v) is 8.66. The van der Waals surface area contributed by atoms with Gasteiger partial charge in [0.05, 0.1) is 8.42 Å². The minimum absolute atomic E-state index is 0.454. The number of para-hydroxylation sites is 2. The number of hydrogen-bond acceptors (Lipinski definition) is 9. The zero-order valence-corrected chi connectivity index (χ0v) is 25.2. The first kappa shape index (κ1) is 28.7. The summed E-state index contributed by atoms with van der Waals surface area (Å²) < 4.78 is 3.29. The number of nitrogens with zero attached hydrogens (tertiary/aromatic N) is 2. The van der Waals surface area contributed by atoms with Crippen LogP contribution in [0.1, 0.15) is 13.8 Å². The van der Waals surface area contributed by atoms with Gasteiger partial charge >= 0.3 is 0 Å². The minimum atomic E-state index is 0.454. The molecule has 0 atom stereocenters. The lowest BCUT2D eigenvalue weighted by molar-refractivity contribution is 1.03. The van der Waals surface area contributed by atoms with E-state index in [2.05, 4.69) is 31.7 Å². The van der Waals surface area contributed by atoms with Crippen LogP contribution in [0, 0.1) is 3.14 Å². The number of nitrogens with one attached hydrogen (secondary N) is 4. The Morgan fingerprint density at radius 1 is 0.722 bits per heavy atom. The average Bonchev–Trinajstić information content (AvgIpc) is 3.24. The second-order valence-electron chi connectivity index (χ2n) is 7.16. The fourth-order valence-electron chi connectivity index (χ4n) is 2.49. The average molecular weight is 609 g/mol. The van der Waals surface area contributed by atoms with Crippen LogP contribution in [-0.4, -0.2) is 33.2 Å². The normalized spacial score (nSPS) is 11.6. The number of thioether (sulfide) groups is 2. The van der Waals surface area contributed by atoms with Crippen molar-refractivity contribution in [1.82, 2.24) is 10.9 Å². The van der Waals surface area contributed by atoms with Gasteiger partial charge in [0.15, 0.2) is 10.2 Å². The highest BCUT2D eigenvalue weighted by Crippen LogP contribution is 2.40. The van der Waals surface area contributed by atoms with E-state index < -0.39 is 0 Å². The van der Waals surface area contributed by atoms with Crippen LogP contribution in [0.25, 0.3) is 0 Å². The molecule has 0 aliphatic heterocycles. The molecular weight excluding hydrogens is 585 g/mol. The van der Waals surface area contributed by atoms with E-state index in [0.29, 0.717) is 10.2 Å². The van der Waals surface area contributed by atoms with Gasteiger partial charge in [-0.05, 0) is 62.5 Å². The molecule has 0 aliphatic carbocycles. The molecule has 0 bridgehead atoms. The number of hydrazone groups is 2. The van der Waals surface area contributed by atoms with Gasteiger partial charge in [0.2, 0.25) is 0 Å². The highest BCUT2D eigenvalue weighted by atomic mass is 32.2. The van der Waals surface area contributed by atoms with Gasteiger partial charge in [-0.2, -0.15) is 10.2 Å². The molecule has 3 rings (SSSR count). The molecule has 0 saturated heterocycles. The van der Waals surface area contributed by atoms with E-state index in [-0.39, 0.29) is 0 Å². The molecule has 0 spiro atoms. The van der Waals surface area contributed by atoms with Crippen molar-refractivity contribution in [3.05, 3.63) is 63.8 Å². The first-order chi connectivity index (χ1) is 17.4. The van der Waals surface area contributed by atoms with E-state index in [4.69, 9.17) is 36.7 Å². The van der Waals surface area contributed by atoms with Gasteiger partial charge in [-0.15, -0.1) is 46.2 Å². The molecule has 2 aromatic carbocycles. The van der Waals surface area contributed by atoms with Crippen molar-refractivity contribution in [2.24, 2.45) is 10.2 Å². The Morgan fingerprint density at radius 2 is 1.11 bits per heavy atom. The maximum absolute atomic E-state index is 5.45. The number of hydrogen-bond donors (Lipinski definition) is 4. The van der Waals surface area contributed by atoms with Crippen LogP contribution in [0.3, 0.4) is 0 Å². The zero-order valence-electron chi connectivity index (χ0n) is 19.4. The second kappa shape index (κ2) is 15.4. The van der Waals surface area contributed by atoms with Crippen LogP contribution in [0.2, 0.25) is 0 Å². The molecule has 0 saturated carbocycles. The summed E-state index contributed by atoms with van der Waals surface area (Å²) in [5.74, 6) is 1.45. The SMILES string of the molecule is C/C(CSc1sc(=S)sc1SC/C(C)=N/NC(=S)Nc1ccccc1)=N\NC(=S)Nc1ccccc1. The topological polar surface area (TPSA) is 72.8 Å². The molecule has 3 aromatic rings. The molecule has 6 nitrogen and oxygen atoms in total. The molecule has 0 fully saturated rings. The Bertz CT molecular complexity index is 1170. The minimum Gasteiger partial charge on any atom is -0.331 e. The summed E-state index contributed by atoms with van der Waals surface area (Å²) in [6.45, 7) is 3.94. The van der Waals surface area contributed by atoms with Crippen LogP contribution >= 0.6 is 82.9 Å². The Balaban J connectivity index is 1.45. The van der Waals surface area contributed by atoms with Crippen LogP contribution < -0.4 is 21.5 Å². The lowest BCUT2D eigenvalue weighted by atomic mass is 10.3. The van der Waals surface area contributed by atoms with Crippen molar-refractivity contribution in [3.8, 4) is 0 Å². The predicted molar refractivity (Wildman–Crippen MR) is 172 cm³/mol. The second-order valence-corrected chi connectivity index (χ2v) is 13.7. The molecule has 4 N–H and O–H groups in total. The van der Waals surface area contributed by atoms with Crippen LogP contribution in [-0.2, 0) is 0 Å². The Labute approximate surface area is 243 Å². The van der Waals surface area contributed by atoms with Gasteiger partial charge in [0, 0.05) is 34.3 Å². The van der Waals surface area contributed by atoms with Gasteiger partial charge in [-0.1, -0.05) is 48.6 Å². The van der Waals surface area contributed by atoms with Crippen molar-refractivity contribution in [2.45, 2.75) is 22.3 Å². The molecule has 0 unspecified atom stereocenters. The van der Waals surface area contributed by atoms with Gasteiger partial charge < -0.3 is 10.6 Å². The molecular formula is C23H24N6S7. The van der Waals surface area contributed by atoms with Crippen LogP contribution in [0.15, 0.2) is 79.3 Å². The van der Waals surface area contributed by atoms with Crippen molar-refractivity contribution in [3.63, 3.8) is 0 Å². The summed E-state index contributed by atoms with van der Waals surface area (Å²) in [6.07, 6.45) is 0. The molecule has 13 heteroatoms. The third-order valence-corrected chi connectivity index (χ3v) is 10.4. The van der Waals surface area contributed by atoms with Crippen molar-refractivity contribution in [2.75, 3.05) is 22.1 Å². The lowest BCUT2D eigenvalue weighted by Crippen LogP contribution is -2.25. The van der Waals surface area contributed by atoms with Gasteiger partial charge in [0.25, 0.3) is 0 Å². The highest BCUT2D eigenvalue weighted by Gasteiger charge is 2.10. The van der Waals surface area contributed by atoms with E-state index in [1.165, 1.54) is 8.42 Å². The maximum Gasteiger partial charge on any atom is 0.191 e. The first-order valence-corrected chi connectivity index (χ1v) is 15.4. The molecule has 188 valence electrons. The third kappa shape index (κ3) is 10.6. The molecule has 1 aromatic heterocycles. The van der Waals surface area contributed by atoms with Crippen LogP contribution in [0.5, 0.6) is 0 Å². The van der Waals surface area contributed by atoms with Gasteiger partial charge in [-0.25, -0.2) is 0 Å². The number of rotatable bonds is 10. The summed E-state index contributed by atoms with van der Waals surface area (Å²) in [7, 11) is 0.